The van der Waals surface area contributed by atoms with Crippen LogP contribution in [0.15, 0.2) is 36.7 Å². The van der Waals surface area contributed by atoms with Gasteiger partial charge in [0.1, 0.15) is 11.3 Å². The molecule has 0 aliphatic heterocycles. The molecule has 0 amide bonds. The third kappa shape index (κ3) is 3.35. The van der Waals surface area contributed by atoms with E-state index in [0.29, 0.717) is 6.42 Å². The summed E-state index contributed by atoms with van der Waals surface area (Å²) in [6.45, 7) is 2.98. The molecule has 0 unspecified atom stereocenters. The van der Waals surface area contributed by atoms with Crippen LogP contribution in [0.2, 0.25) is 0 Å². The molecule has 0 saturated carbocycles. The quantitative estimate of drug-likeness (QED) is 0.702. The third-order valence-corrected chi connectivity index (χ3v) is 3.73. The van der Waals surface area contributed by atoms with Crippen LogP contribution in [0.5, 0.6) is 5.75 Å². The van der Waals surface area contributed by atoms with E-state index in [1.54, 1.807) is 12.4 Å². The Labute approximate surface area is 135 Å². The number of hydrogen-bond acceptors (Lipinski definition) is 4. The highest BCUT2D eigenvalue weighted by Gasteiger charge is 2.14. The van der Waals surface area contributed by atoms with Crippen molar-refractivity contribution in [1.82, 2.24) is 15.0 Å². The van der Waals surface area contributed by atoms with Crippen LogP contribution in [0.25, 0.3) is 22.4 Å². The maximum absolute atomic E-state index is 9.15. The summed E-state index contributed by atoms with van der Waals surface area (Å²) in [5, 5.41) is 9.15. The summed E-state index contributed by atoms with van der Waals surface area (Å²) in [6.07, 6.45) is 5.84. The van der Waals surface area contributed by atoms with Crippen molar-refractivity contribution in [3.8, 4) is 17.0 Å². The lowest BCUT2D eigenvalue weighted by molar-refractivity contribution is 0.289. The van der Waals surface area contributed by atoms with E-state index in [0.717, 1.165) is 53.2 Å². The van der Waals surface area contributed by atoms with Gasteiger partial charge in [-0.05, 0) is 49.1 Å². The fourth-order valence-electron chi connectivity index (χ4n) is 2.65. The SMILES string of the molecule is CCCOc1ccc(-c2[nH]c3nccnc3c2CCCO)cc1. The summed E-state index contributed by atoms with van der Waals surface area (Å²) in [5.41, 5.74) is 4.84. The van der Waals surface area contributed by atoms with E-state index in [2.05, 4.69) is 21.9 Å². The molecule has 2 N–H and O–H groups in total. The molecule has 5 heteroatoms. The van der Waals surface area contributed by atoms with Gasteiger partial charge in [0.25, 0.3) is 0 Å². The number of hydrogen-bond donors (Lipinski definition) is 2. The molecule has 2 aromatic heterocycles. The number of aromatic amines is 1. The normalized spacial score (nSPS) is 11.0. The first-order valence-electron chi connectivity index (χ1n) is 7.99. The van der Waals surface area contributed by atoms with E-state index in [4.69, 9.17) is 9.84 Å². The second-order valence-corrected chi connectivity index (χ2v) is 5.43. The van der Waals surface area contributed by atoms with Crippen LogP contribution in [0.1, 0.15) is 25.3 Å². The Hall–Kier alpha value is -2.40. The molecular weight excluding hydrogens is 290 g/mol. The molecule has 2 heterocycles. The Kier molecular flexibility index (Phi) is 4.88. The Bertz CT molecular complexity index is 766. The summed E-state index contributed by atoms with van der Waals surface area (Å²) in [5.74, 6) is 0.875. The zero-order valence-electron chi connectivity index (χ0n) is 13.2. The molecule has 3 rings (SSSR count). The molecule has 0 atom stereocenters. The van der Waals surface area contributed by atoms with Gasteiger partial charge in [-0.3, -0.25) is 4.98 Å². The molecule has 5 nitrogen and oxygen atoms in total. The first-order chi connectivity index (χ1) is 11.3. The van der Waals surface area contributed by atoms with Crippen LogP contribution < -0.4 is 4.74 Å². The van der Waals surface area contributed by atoms with E-state index in [-0.39, 0.29) is 6.61 Å². The number of aliphatic hydroxyl groups is 1. The first kappa shape index (κ1) is 15.5. The van der Waals surface area contributed by atoms with Crippen LogP contribution in [0, 0.1) is 0 Å². The summed E-state index contributed by atoms with van der Waals surface area (Å²) in [6, 6.07) is 8.04. The molecule has 3 aromatic rings. The Balaban J connectivity index is 1.97. The average molecular weight is 311 g/mol. The van der Waals surface area contributed by atoms with Crippen molar-refractivity contribution in [3.05, 3.63) is 42.2 Å². The van der Waals surface area contributed by atoms with Crippen molar-refractivity contribution in [1.29, 1.82) is 0 Å². The molecular formula is C18H21N3O2. The number of nitrogens with zero attached hydrogens (tertiary/aromatic N) is 2. The zero-order chi connectivity index (χ0) is 16.1. The summed E-state index contributed by atoms with van der Waals surface area (Å²) >= 11 is 0. The van der Waals surface area contributed by atoms with Gasteiger partial charge < -0.3 is 14.8 Å². The van der Waals surface area contributed by atoms with Gasteiger partial charge in [-0.2, -0.15) is 0 Å². The first-order valence-corrected chi connectivity index (χ1v) is 7.99. The zero-order valence-corrected chi connectivity index (χ0v) is 13.2. The standard InChI is InChI=1S/C18H21N3O2/c1-2-12-23-14-7-5-13(6-8-14)16-15(4-3-11-22)17-18(21-16)20-10-9-19-17/h5-10,22H,2-4,11-12H2,1H3,(H,20,21). The number of H-pyrrole nitrogens is 1. The second-order valence-electron chi connectivity index (χ2n) is 5.43. The summed E-state index contributed by atoms with van der Waals surface area (Å²) < 4.78 is 5.63. The van der Waals surface area contributed by atoms with E-state index < -0.39 is 0 Å². The van der Waals surface area contributed by atoms with Crippen molar-refractivity contribution < 1.29 is 9.84 Å². The molecule has 0 saturated heterocycles. The van der Waals surface area contributed by atoms with Gasteiger partial charge in [0.05, 0.1) is 12.3 Å². The highest BCUT2D eigenvalue weighted by molar-refractivity contribution is 5.85. The van der Waals surface area contributed by atoms with Crippen LogP contribution in [0.4, 0.5) is 0 Å². The number of rotatable bonds is 7. The van der Waals surface area contributed by atoms with Crippen LogP contribution in [-0.4, -0.2) is 33.3 Å². The number of ether oxygens (including phenoxy) is 1. The number of benzene rings is 1. The monoisotopic (exact) mass is 311 g/mol. The van der Waals surface area contributed by atoms with Gasteiger partial charge in [0.2, 0.25) is 0 Å². The number of aromatic nitrogens is 3. The minimum Gasteiger partial charge on any atom is -0.494 e. The average Bonchev–Trinajstić information content (AvgIpc) is 2.97. The molecule has 1 aromatic carbocycles. The van der Waals surface area contributed by atoms with Crippen LogP contribution >= 0.6 is 0 Å². The van der Waals surface area contributed by atoms with Gasteiger partial charge in [-0.1, -0.05) is 6.92 Å². The van der Waals surface area contributed by atoms with E-state index in [9.17, 15) is 0 Å². The summed E-state index contributed by atoms with van der Waals surface area (Å²) in [7, 11) is 0. The molecule has 0 aliphatic carbocycles. The molecule has 0 radical (unpaired) electrons. The number of nitrogens with one attached hydrogen (secondary N) is 1. The predicted octanol–water partition coefficient (Wildman–Crippen LogP) is 3.34. The lowest BCUT2D eigenvalue weighted by Crippen LogP contribution is -1.95. The Morgan fingerprint density at radius 1 is 1.13 bits per heavy atom. The highest BCUT2D eigenvalue weighted by atomic mass is 16.5. The third-order valence-electron chi connectivity index (χ3n) is 3.73. The van der Waals surface area contributed by atoms with E-state index in [1.165, 1.54) is 0 Å². The topological polar surface area (TPSA) is 71.0 Å². The van der Waals surface area contributed by atoms with Crippen molar-refractivity contribution in [2.75, 3.05) is 13.2 Å². The van der Waals surface area contributed by atoms with E-state index in [1.807, 2.05) is 24.3 Å². The minimum atomic E-state index is 0.163. The van der Waals surface area contributed by atoms with E-state index >= 15 is 0 Å². The van der Waals surface area contributed by atoms with Crippen molar-refractivity contribution in [2.24, 2.45) is 0 Å². The minimum absolute atomic E-state index is 0.163. The smallest absolute Gasteiger partial charge is 0.156 e. The number of aryl methyl sites for hydroxylation is 1. The van der Waals surface area contributed by atoms with Gasteiger partial charge in [0, 0.05) is 24.6 Å². The molecule has 0 bridgehead atoms. The molecule has 0 spiro atoms. The van der Waals surface area contributed by atoms with Gasteiger partial charge in [-0.25, -0.2) is 4.98 Å². The largest absolute Gasteiger partial charge is 0.494 e. The van der Waals surface area contributed by atoms with Gasteiger partial charge >= 0.3 is 0 Å². The lowest BCUT2D eigenvalue weighted by Gasteiger charge is -2.07. The molecule has 0 fully saturated rings. The van der Waals surface area contributed by atoms with Crippen molar-refractivity contribution in [2.45, 2.75) is 26.2 Å². The maximum Gasteiger partial charge on any atom is 0.156 e. The Morgan fingerprint density at radius 2 is 1.91 bits per heavy atom. The van der Waals surface area contributed by atoms with Crippen LogP contribution in [-0.2, 0) is 6.42 Å². The van der Waals surface area contributed by atoms with Crippen LogP contribution in [0.3, 0.4) is 0 Å². The highest BCUT2D eigenvalue weighted by Crippen LogP contribution is 2.30. The lowest BCUT2D eigenvalue weighted by atomic mass is 10.0. The molecule has 23 heavy (non-hydrogen) atoms. The predicted molar refractivity (Wildman–Crippen MR) is 90.5 cm³/mol. The fraction of sp³-hybridized carbons (Fsp3) is 0.333. The fourth-order valence-corrected chi connectivity index (χ4v) is 2.65. The van der Waals surface area contributed by atoms with Crippen molar-refractivity contribution in [3.63, 3.8) is 0 Å². The number of fused-ring (bicyclic) bond motifs is 1. The molecule has 120 valence electrons. The second kappa shape index (κ2) is 7.24. The number of aliphatic hydroxyl groups excluding tert-OH is 1. The maximum atomic E-state index is 9.15. The molecule has 0 aliphatic rings. The van der Waals surface area contributed by atoms with Gasteiger partial charge in [-0.15, -0.1) is 0 Å². The summed E-state index contributed by atoms with van der Waals surface area (Å²) in [4.78, 5) is 12.1. The Morgan fingerprint density at radius 3 is 2.65 bits per heavy atom. The van der Waals surface area contributed by atoms with Gasteiger partial charge in [0.15, 0.2) is 5.65 Å². The van der Waals surface area contributed by atoms with Crippen molar-refractivity contribution >= 4 is 11.2 Å².